The fourth-order valence-corrected chi connectivity index (χ4v) is 2.74. The third-order valence-electron chi connectivity index (χ3n) is 3.80. The minimum absolute atomic E-state index is 0.0968. The highest BCUT2D eigenvalue weighted by molar-refractivity contribution is 7.80. The molecule has 7 heteroatoms. The molecule has 0 spiro atoms. The number of ether oxygens (including phenoxy) is 2. The molecule has 24 heavy (non-hydrogen) atoms. The van der Waals surface area contributed by atoms with Gasteiger partial charge in [0.15, 0.2) is 5.11 Å². The van der Waals surface area contributed by atoms with Crippen molar-refractivity contribution in [2.24, 2.45) is 0 Å². The predicted octanol–water partition coefficient (Wildman–Crippen LogP) is 2.10. The molecular weight excluding hydrogens is 326 g/mol. The van der Waals surface area contributed by atoms with Crippen LogP contribution in [0.4, 0.5) is 0 Å². The zero-order chi connectivity index (χ0) is 17.4. The number of hydrogen-bond acceptors (Lipinski definition) is 5. The van der Waals surface area contributed by atoms with Gasteiger partial charge in [0, 0.05) is 25.3 Å². The van der Waals surface area contributed by atoms with Crippen LogP contribution in [0.2, 0.25) is 0 Å². The average molecular weight is 347 g/mol. The Morgan fingerprint density at radius 1 is 1.50 bits per heavy atom. The zero-order valence-electron chi connectivity index (χ0n) is 13.7. The maximum absolute atomic E-state index is 12.3. The Balaban J connectivity index is 1.96. The van der Waals surface area contributed by atoms with Crippen LogP contribution in [0.3, 0.4) is 0 Å². The Hall–Kier alpha value is -2.17. The summed E-state index contributed by atoms with van der Waals surface area (Å²) in [7, 11) is 1.57. The summed E-state index contributed by atoms with van der Waals surface area (Å²) in [5.41, 5.74) is 0.496. The number of carbonyl (C=O) groups excluding carboxylic acids is 1. The summed E-state index contributed by atoms with van der Waals surface area (Å²) in [5, 5.41) is 11.9. The van der Waals surface area contributed by atoms with Crippen LogP contribution in [0.1, 0.15) is 29.6 Å². The Kier molecular flexibility index (Phi) is 6.97. The van der Waals surface area contributed by atoms with Crippen LogP contribution in [0.25, 0.3) is 0 Å². The maximum Gasteiger partial charge on any atom is 0.257 e. The lowest BCUT2D eigenvalue weighted by molar-refractivity contribution is 0.0890. The molecule has 2 rings (SSSR count). The molecule has 6 nitrogen and oxygen atoms in total. The minimum atomic E-state index is -0.281. The number of nitrogens with one attached hydrogen (secondary N) is 1. The Bertz CT molecular complexity index is 607. The van der Waals surface area contributed by atoms with Crippen molar-refractivity contribution in [2.45, 2.75) is 25.4 Å². The lowest BCUT2D eigenvalue weighted by atomic mass is 10.2. The molecule has 0 bridgehead atoms. The number of carbonyl (C=O) groups is 1. The number of hydrogen-bond donors (Lipinski definition) is 1. The van der Waals surface area contributed by atoms with E-state index in [-0.39, 0.29) is 12.0 Å². The highest BCUT2D eigenvalue weighted by Crippen LogP contribution is 2.14. The van der Waals surface area contributed by atoms with E-state index in [1.54, 1.807) is 31.4 Å². The molecule has 1 atom stereocenters. The van der Waals surface area contributed by atoms with Crippen LogP contribution in [0.5, 0.6) is 5.75 Å². The van der Waals surface area contributed by atoms with E-state index in [1.807, 2.05) is 4.90 Å². The topological polar surface area (TPSA) is 74.6 Å². The lowest BCUT2D eigenvalue weighted by Gasteiger charge is -2.27. The van der Waals surface area contributed by atoms with E-state index in [0.29, 0.717) is 35.9 Å². The molecule has 1 heterocycles. The molecule has 1 amide bonds. The van der Waals surface area contributed by atoms with Gasteiger partial charge in [0.25, 0.3) is 5.91 Å². The normalized spacial score (nSPS) is 16.2. The van der Waals surface area contributed by atoms with Gasteiger partial charge in [-0.05, 0) is 49.3 Å². The van der Waals surface area contributed by atoms with Crippen molar-refractivity contribution in [3.63, 3.8) is 0 Å². The first-order chi connectivity index (χ1) is 11.6. The van der Waals surface area contributed by atoms with E-state index >= 15 is 0 Å². The molecule has 1 aliphatic heterocycles. The molecule has 0 aromatic heterocycles. The molecular formula is C17H21N3O3S. The molecule has 0 saturated carbocycles. The van der Waals surface area contributed by atoms with Gasteiger partial charge in [-0.3, -0.25) is 10.1 Å². The van der Waals surface area contributed by atoms with Crippen molar-refractivity contribution in [3.05, 3.63) is 29.8 Å². The molecule has 1 saturated heterocycles. The number of nitrogens with zero attached hydrogens (tertiary/aromatic N) is 2. The van der Waals surface area contributed by atoms with E-state index in [2.05, 4.69) is 11.4 Å². The third-order valence-corrected chi connectivity index (χ3v) is 4.16. The van der Waals surface area contributed by atoms with Crippen LogP contribution in [0.15, 0.2) is 24.3 Å². The molecule has 1 N–H and O–H groups in total. The fraction of sp³-hybridized carbons (Fsp3) is 0.471. The molecule has 1 aliphatic rings. The number of benzene rings is 1. The van der Waals surface area contributed by atoms with Gasteiger partial charge < -0.3 is 14.4 Å². The van der Waals surface area contributed by atoms with E-state index in [9.17, 15) is 4.79 Å². The first kappa shape index (κ1) is 18.2. The Labute approximate surface area is 147 Å². The van der Waals surface area contributed by atoms with Crippen LogP contribution in [-0.4, -0.2) is 48.8 Å². The average Bonchev–Trinajstić information content (AvgIpc) is 3.11. The SMILES string of the molecule is COc1ccc(C(=O)NC(=S)N(CCC#N)CC2CCCO2)cc1. The molecule has 128 valence electrons. The van der Waals surface area contributed by atoms with E-state index in [1.165, 1.54) is 0 Å². The van der Waals surface area contributed by atoms with E-state index in [0.717, 1.165) is 19.4 Å². The summed E-state index contributed by atoms with van der Waals surface area (Å²) >= 11 is 5.35. The second-order valence-electron chi connectivity index (χ2n) is 5.48. The third kappa shape index (κ3) is 5.18. The van der Waals surface area contributed by atoms with Gasteiger partial charge in [-0.2, -0.15) is 5.26 Å². The second-order valence-corrected chi connectivity index (χ2v) is 5.86. The molecule has 0 aliphatic carbocycles. The Morgan fingerprint density at radius 2 is 2.25 bits per heavy atom. The van der Waals surface area contributed by atoms with Crippen LogP contribution in [-0.2, 0) is 4.74 Å². The second kappa shape index (κ2) is 9.21. The molecule has 1 aromatic rings. The summed E-state index contributed by atoms with van der Waals surface area (Å²) in [4.78, 5) is 14.1. The van der Waals surface area contributed by atoms with Gasteiger partial charge in [-0.1, -0.05) is 0 Å². The summed E-state index contributed by atoms with van der Waals surface area (Å²) in [5.74, 6) is 0.403. The monoisotopic (exact) mass is 347 g/mol. The smallest absolute Gasteiger partial charge is 0.257 e. The molecule has 1 aromatic carbocycles. The summed E-state index contributed by atoms with van der Waals surface area (Å²) in [6, 6.07) is 8.90. The summed E-state index contributed by atoms with van der Waals surface area (Å²) < 4.78 is 10.7. The van der Waals surface area contributed by atoms with Crippen LogP contribution >= 0.6 is 12.2 Å². The quantitative estimate of drug-likeness (QED) is 0.795. The lowest BCUT2D eigenvalue weighted by Crippen LogP contribution is -2.46. The number of nitriles is 1. The van der Waals surface area contributed by atoms with Crippen LogP contribution in [0, 0.1) is 11.3 Å². The van der Waals surface area contributed by atoms with Gasteiger partial charge >= 0.3 is 0 Å². The highest BCUT2D eigenvalue weighted by Gasteiger charge is 2.21. The fourth-order valence-electron chi connectivity index (χ4n) is 2.49. The van der Waals surface area contributed by atoms with Crippen molar-refractivity contribution in [3.8, 4) is 11.8 Å². The van der Waals surface area contributed by atoms with Crippen molar-refractivity contribution >= 4 is 23.2 Å². The van der Waals surface area contributed by atoms with Crippen molar-refractivity contribution in [1.82, 2.24) is 10.2 Å². The van der Waals surface area contributed by atoms with Gasteiger partial charge in [-0.15, -0.1) is 0 Å². The number of thiocarbonyl (C=S) groups is 1. The van der Waals surface area contributed by atoms with Crippen molar-refractivity contribution in [1.29, 1.82) is 5.26 Å². The standard InChI is InChI=1S/C17H21N3O3S/c1-22-14-7-5-13(6-8-14)16(21)19-17(24)20(10-3-9-18)12-15-4-2-11-23-15/h5-8,15H,2-4,10-12H2,1H3,(H,19,21,24). The number of rotatable bonds is 6. The summed E-state index contributed by atoms with van der Waals surface area (Å²) in [6.45, 7) is 1.81. The maximum atomic E-state index is 12.3. The molecule has 1 fully saturated rings. The van der Waals surface area contributed by atoms with Gasteiger partial charge in [0.05, 0.1) is 25.7 Å². The number of methoxy groups -OCH3 is 1. The highest BCUT2D eigenvalue weighted by atomic mass is 32.1. The predicted molar refractivity (Wildman–Crippen MR) is 93.8 cm³/mol. The largest absolute Gasteiger partial charge is 0.497 e. The van der Waals surface area contributed by atoms with Crippen molar-refractivity contribution < 1.29 is 14.3 Å². The van der Waals surface area contributed by atoms with Crippen LogP contribution < -0.4 is 10.1 Å². The van der Waals surface area contributed by atoms with Gasteiger partial charge in [0.2, 0.25) is 0 Å². The first-order valence-corrected chi connectivity index (χ1v) is 8.27. The van der Waals surface area contributed by atoms with E-state index < -0.39 is 0 Å². The van der Waals surface area contributed by atoms with Gasteiger partial charge in [0.1, 0.15) is 5.75 Å². The van der Waals surface area contributed by atoms with Crippen molar-refractivity contribution in [2.75, 3.05) is 26.8 Å². The summed E-state index contributed by atoms with van der Waals surface area (Å²) in [6.07, 6.45) is 2.44. The van der Waals surface area contributed by atoms with E-state index in [4.69, 9.17) is 27.0 Å². The number of amides is 1. The molecule has 1 unspecified atom stereocenters. The minimum Gasteiger partial charge on any atom is -0.497 e. The zero-order valence-corrected chi connectivity index (χ0v) is 14.5. The Morgan fingerprint density at radius 3 is 2.83 bits per heavy atom. The first-order valence-electron chi connectivity index (χ1n) is 7.87. The van der Waals surface area contributed by atoms with Gasteiger partial charge in [-0.25, -0.2) is 0 Å². The molecule has 0 radical (unpaired) electrons.